The minimum Gasteiger partial charge on any atom is -0.465 e. The van der Waals surface area contributed by atoms with Crippen LogP contribution in [0.5, 0.6) is 0 Å². The molecule has 0 bridgehead atoms. The molecule has 1 aliphatic rings. The molecule has 0 heterocycles. The number of ether oxygens (including phenoxy) is 1. The van der Waals surface area contributed by atoms with E-state index in [2.05, 4.69) is 14.8 Å². The van der Waals surface area contributed by atoms with E-state index < -0.39 is 16.0 Å². The maximum Gasteiger partial charge on any atom is 0.337 e. The van der Waals surface area contributed by atoms with Gasteiger partial charge in [0.25, 0.3) is 5.91 Å². The van der Waals surface area contributed by atoms with Crippen LogP contribution in [0.25, 0.3) is 0 Å². The van der Waals surface area contributed by atoms with Gasteiger partial charge >= 0.3 is 5.97 Å². The van der Waals surface area contributed by atoms with Crippen molar-refractivity contribution >= 4 is 27.6 Å². The van der Waals surface area contributed by atoms with Crippen molar-refractivity contribution in [2.45, 2.75) is 43.9 Å². The fourth-order valence-corrected chi connectivity index (χ4v) is 4.77. The number of benzene rings is 2. The first kappa shape index (κ1) is 21.8. The van der Waals surface area contributed by atoms with Crippen molar-refractivity contribution in [3.05, 3.63) is 65.2 Å². The Bertz CT molecular complexity index is 996. The number of carbonyl (C=O) groups is 2. The SMILES string of the molecule is COC(=O)c1ccc(CS(=O)(=O)Nc2ccccc2C(=O)NC2CCCCC2)cc1. The summed E-state index contributed by atoms with van der Waals surface area (Å²) in [6, 6.07) is 12.9. The number of hydrogen-bond acceptors (Lipinski definition) is 5. The second-order valence-electron chi connectivity index (χ2n) is 7.40. The summed E-state index contributed by atoms with van der Waals surface area (Å²) in [7, 11) is -2.48. The fourth-order valence-electron chi connectivity index (χ4n) is 3.56. The van der Waals surface area contributed by atoms with E-state index in [1.807, 2.05) is 0 Å². The van der Waals surface area contributed by atoms with Gasteiger partial charge in [-0.1, -0.05) is 43.5 Å². The lowest BCUT2D eigenvalue weighted by molar-refractivity contribution is 0.0600. The highest BCUT2D eigenvalue weighted by molar-refractivity contribution is 7.91. The van der Waals surface area contributed by atoms with Gasteiger partial charge in [-0.3, -0.25) is 9.52 Å². The third kappa shape index (κ3) is 5.82. The minimum atomic E-state index is -3.76. The number of anilines is 1. The highest BCUT2D eigenvalue weighted by atomic mass is 32.2. The molecule has 160 valence electrons. The molecule has 30 heavy (non-hydrogen) atoms. The van der Waals surface area contributed by atoms with Gasteiger partial charge < -0.3 is 10.1 Å². The van der Waals surface area contributed by atoms with E-state index in [9.17, 15) is 18.0 Å². The topological polar surface area (TPSA) is 102 Å². The van der Waals surface area contributed by atoms with Crippen LogP contribution < -0.4 is 10.0 Å². The Kier molecular flexibility index (Phi) is 7.10. The van der Waals surface area contributed by atoms with Crippen LogP contribution in [0.3, 0.4) is 0 Å². The van der Waals surface area contributed by atoms with Crippen LogP contribution in [-0.4, -0.2) is 33.4 Å². The number of carbonyl (C=O) groups excluding carboxylic acids is 2. The Balaban J connectivity index is 1.70. The van der Waals surface area contributed by atoms with Gasteiger partial charge in [0.05, 0.1) is 29.7 Å². The van der Waals surface area contributed by atoms with E-state index in [1.165, 1.54) is 25.7 Å². The van der Waals surface area contributed by atoms with Gasteiger partial charge in [-0.2, -0.15) is 0 Å². The molecule has 0 aromatic heterocycles. The fraction of sp³-hybridized carbons (Fsp3) is 0.364. The second-order valence-corrected chi connectivity index (χ2v) is 9.13. The van der Waals surface area contributed by atoms with Crippen LogP contribution in [0, 0.1) is 0 Å². The summed E-state index contributed by atoms with van der Waals surface area (Å²) in [4.78, 5) is 24.2. The number of hydrogen-bond donors (Lipinski definition) is 2. The van der Waals surface area contributed by atoms with Crippen molar-refractivity contribution in [2.24, 2.45) is 0 Å². The molecule has 1 aliphatic carbocycles. The first-order chi connectivity index (χ1) is 14.4. The molecule has 7 nitrogen and oxygen atoms in total. The van der Waals surface area contributed by atoms with Crippen molar-refractivity contribution in [2.75, 3.05) is 11.8 Å². The smallest absolute Gasteiger partial charge is 0.337 e. The van der Waals surface area contributed by atoms with E-state index in [0.29, 0.717) is 16.7 Å². The minimum absolute atomic E-state index is 0.129. The van der Waals surface area contributed by atoms with Gasteiger partial charge in [0.2, 0.25) is 10.0 Å². The molecule has 1 saturated carbocycles. The quantitative estimate of drug-likeness (QED) is 0.655. The van der Waals surface area contributed by atoms with Crippen LogP contribution in [-0.2, 0) is 20.5 Å². The highest BCUT2D eigenvalue weighted by Gasteiger charge is 2.21. The second kappa shape index (κ2) is 9.75. The number of esters is 1. The van der Waals surface area contributed by atoms with Crippen molar-refractivity contribution < 1.29 is 22.7 Å². The highest BCUT2D eigenvalue weighted by Crippen LogP contribution is 2.21. The Hall–Kier alpha value is -2.87. The number of methoxy groups -OCH3 is 1. The van der Waals surface area contributed by atoms with E-state index in [4.69, 9.17) is 0 Å². The van der Waals surface area contributed by atoms with Crippen LogP contribution in [0.1, 0.15) is 58.4 Å². The summed E-state index contributed by atoms with van der Waals surface area (Å²) in [6.45, 7) is 0. The molecule has 0 aliphatic heterocycles. The number of nitrogens with one attached hydrogen (secondary N) is 2. The maximum absolute atomic E-state index is 12.7. The van der Waals surface area contributed by atoms with Crippen LogP contribution in [0.2, 0.25) is 0 Å². The summed E-state index contributed by atoms with van der Waals surface area (Å²) < 4.78 is 32.5. The monoisotopic (exact) mass is 430 g/mol. The predicted molar refractivity (Wildman–Crippen MR) is 115 cm³/mol. The van der Waals surface area contributed by atoms with E-state index in [-0.39, 0.29) is 23.4 Å². The number of amides is 1. The Morgan fingerprint density at radius 3 is 2.33 bits per heavy atom. The van der Waals surface area contributed by atoms with E-state index in [1.54, 1.807) is 36.4 Å². The molecule has 0 spiro atoms. The molecule has 1 amide bonds. The average molecular weight is 431 g/mol. The van der Waals surface area contributed by atoms with Gasteiger partial charge in [0.1, 0.15) is 0 Å². The van der Waals surface area contributed by atoms with Crippen molar-refractivity contribution in [3.8, 4) is 0 Å². The molecule has 0 radical (unpaired) electrons. The van der Waals surface area contributed by atoms with Gasteiger partial charge in [0.15, 0.2) is 0 Å². The molecule has 1 fully saturated rings. The lowest BCUT2D eigenvalue weighted by Gasteiger charge is -2.23. The van der Waals surface area contributed by atoms with Crippen molar-refractivity contribution in [1.29, 1.82) is 0 Å². The zero-order chi connectivity index (χ0) is 21.6. The third-order valence-corrected chi connectivity index (χ3v) is 6.35. The molecule has 2 aromatic carbocycles. The van der Waals surface area contributed by atoms with E-state index >= 15 is 0 Å². The number of para-hydroxylation sites is 1. The number of sulfonamides is 1. The molecular weight excluding hydrogens is 404 g/mol. The van der Waals surface area contributed by atoms with Crippen LogP contribution in [0.15, 0.2) is 48.5 Å². The summed E-state index contributed by atoms with van der Waals surface area (Å²) in [5.74, 6) is -1.05. The molecular formula is C22H26N2O5S. The predicted octanol–water partition coefficient (Wildman–Crippen LogP) is 3.48. The Morgan fingerprint density at radius 2 is 1.67 bits per heavy atom. The molecule has 3 rings (SSSR count). The number of rotatable bonds is 7. The Labute approximate surface area is 176 Å². The summed E-state index contributed by atoms with van der Waals surface area (Å²) in [5.41, 5.74) is 1.40. The molecule has 8 heteroatoms. The maximum atomic E-state index is 12.7. The Morgan fingerprint density at radius 1 is 1.00 bits per heavy atom. The summed E-state index contributed by atoms with van der Waals surface area (Å²) in [5, 5.41) is 3.02. The van der Waals surface area contributed by atoms with Gasteiger partial charge in [-0.05, 0) is 42.7 Å². The standard InChI is InChI=1S/C22H26N2O5S/c1-29-22(26)17-13-11-16(12-14-17)15-30(27,28)24-20-10-6-5-9-19(20)21(25)23-18-7-3-2-4-8-18/h5-6,9-14,18,24H,2-4,7-8,15H2,1H3,(H,23,25). The zero-order valence-electron chi connectivity index (χ0n) is 16.9. The summed E-state index contributed by atoms with van der Waals surface area (Å²) in [6.07, 6.45) is 5.26. The molecule has 0 unspecified atom stereocenters. The lowest BCUT2D eigenvalue weighted by atomic mass is 9.95. The first-order valence-electron chi connectivity index (χ1n) is 9.95. The zero-order valence-corrected chi connectivity index (χ0v) is 17.7. The van der Waals surface area contributed by atoms with Crippen molar-refractivity contribution in [1.82, 2.24) is 5.32 Å². The third-order valence-electron chi connectivity index (χ3n) is 5.11. The molecule has 0 atom stereocenters. The van der Waals surface area contributed by atoms with Crippen LogP contribution >= 0.6 is 0 Å². The average Bonchev–Trinajstić information content (AvgIpc) is 2.74. The van der Waals surface area contributed by atoms with Gasteiger partial charge in [0, 0.05) is 6.04 Å². The van der Waals surface area contributed by atoms with Gasteiger partial charge in [-0.25, -0.2) is 13.2 Å². The van der Waals surface area contributed by atoms with Gasteiger partial charge in [-0.15, -0.1) is 0 Å². The van der Waals surface area contributed by atoms with E-state index in [0.717, 1.165) is 25.7 Å². The molecule has 0 saturated heterocycles. The molecule has 2 aromatic rings. The van der Waals surface area contributed by atoms with Crippen LogP contribution in [0.4, 0.5) is 5.69 Å². The van der Waals surface area contributed by atoms with Crippen molar-refractivity contribution in [3.63, 3.8) is 0 Å². The first-order valence-corrected chi connectivity index (χ1v) is 11.6. The normalized spacial score (nSPS) is 14.7. The largest absolute Gasteiger partial charge is 0.465 e. The summed E-state index contributed by atoms with van der Waals surface area (Å²) >= 11 is 0. The molecule has 2 N–H and O–H groups in total. The lowest BCUT2D eigenvalue weighted by Crippen LogP contribution is -2.36.